The zero-order chi connectivity index (χ0) is 20.1. The van der Waals surface area contributed by atoms with Crippen LogP contribution in [0.15, 0.2) is 47.6 Å². The Morgan fingerprint density at radius 2 is 2.07 bits per heavy atom. The number of nitrogens with one attached hydrogen (secondary N) is 1. The van der Waals surface area contributed by atoms with Crippen molar-refractivity contribution in [2.45, 2.75) is 18.6 Å². The van der Waals surface area contributed by atoms with Crippen molar-refractivity contribution in [3.8, 4) is 17.1 Å². The van der Waals surface area contributed by atoms with E-state index >= 15 is 0 Å². The Hall–Kier alpha value is -2.58. The molecule has 146 valence electrons. The number of nitrogens with zero attached hydrogens (tertiary/aromatic N) is 3. The Bertz CT molecular complexity index is 996. The first-order valence-corrected chi connectivity index (χ1v) is 9.84. The Kier molecular flexibility index (Phi) is 6.53. The average Bonchev–Trinajstić information content (AvgIpc) is 3.12. The van der Waals surface area contributed by atoms with E-state index in [-0.39, 0.29) is 16.7 Å². The number of rotatable bonds is 7. The molecule has 0 radical (unpaired) electrons. The minimum absolute atomic E-state index is 0.0439. The third-order valence-electron chi connectivity index (χ3n) is 3.92. The fraction of sp³-hybridized carbons (Fsp3) is 0.211. The van der Waals surface area contributed by atoms with Crippen molar-refractivity contribution in [3.05, 3.63) is 53.3 Å². The summed E-state index contributed by atoms with van der Waals surface area (Å²) in [6.07, 6.45) is 0. The Morgan fingerprint density at radius 1 is 1.29 bits per heavy atom. The number of amides is 1. The zero-order valence-corrected chi connectivity index (χ0v) is 16.9. The maximum absolute atomic E-state index is 13.2. The first-order chi connectivity index (χ1) is 13.5. The lowest BCUT2D eigenvalue weighted by Gasteiger charge is -2.10. The summed E-state index contributed by atoms with van der Waals surface area (Å²) < 4.78 is 20.5. The summed E-state index contributed by atoms with van der Waals surface area (Å²) in [5.41, 5.74) is 1.26. The van der Waals surface area contributed by atoms with Crippen LogP contribution in [0.25, 0.3) is 11.4 Å². The first-order valence-electron chi connectivity index (χ1n) is 8.47. The summed E-state index contributed by atoms with van der Waals surface area (Å²) in [5, 5.41) is 11.7. The molecular weight excluding hydrogens is 403 g/mol. The molecule has 0 bridgehead atoms. The molecule has 1 amide bonds. The number of hydrogen-bond acceptors (Lipinski definition) is 5. The molecule has 0 saturated carbocycles. The number of benzene rings is 2. The van der Waals surface area contributed by atoms with Gasteiger partial charge in [-0.2, -0.15) is 0 Å². The minimum atomic E-state index is -0.533. The number of anilines is 1. The van der Waals surface area contributed by atoms with Gasteiger partial charge in [0.05, 0.1) is 23.4 Å². The molecule has 3 rings (SSSR count). The van der Waals surface area contributed by atoms with Crippen LogP contribution in [-0.2, 0) is 11.3 Å². The van der Waals surface area contributed by atoms with Gasteiger partial charge < -0.3 is 14.6 Å². The Labute approximate surface area is 171 Å². The van der Waals surface area contributed by atoms with Gasteiger partial charge in [0.15, 0.2) is 11.0 Å². The van der Waals surface area contributed by atoms with Crippen LogP contribution in [0.2, 0.25) is 5.02 Å². The average molecular weight is 421 g/mol. The molecule has 0 fully saturated rings. The van der Waals surface area contributed by atoms with Crippen molar-refractivity contribution in [3.63, 3.8) is 0 Å². The Morgan fingerprint density at radius 3 is 2.79 bits per heavy atom. The van der Waals surface area contributed by atoms with E-state index in [9.17, 15) is 9.18 Å². The van der Waals surface area contributed by atoms with E-state index in [4.69, 9.17) is 16.3 Å². The van der Waals surface area contributed by atoms with Gasteiger partial charge in [-0.1, -0.05) is 35.5 Å². The van der Waals surface area contributed by atoms with Crippen molar-refractivity contribution in [2.24, 2.45) is 0 Å². The van der Waals surface area contributed by atoms with E-state index in [2.05, 4.69) is 15.5 Å². The third-order valence-corrected chi connectivity index (χ3v) is 5.17. The largest absolute Gasteiger partial charge is 0.496 e. The summed E-state index contributed by atoms with van der Waals surface area (Å²) in [5.74, 6) is 0.713. The van der Waals surface area contributed by atoms with Gasteiger partial charge in [0.2, 0.25) is 5.91 Å². The number of ether oxygens (including phenoxy) is 1. The molecule has 0 aliphatic heterocycles. The van der Waals surface area contributed by atoms with Crippen LogP contribution >= 0.6 is 23.4 Å². The standard InChI is InChI=1S/C19H18ClFN4O2S/c1-3-25-18(13-6-4-5-7-16(13)27-2)23-24-19(25)28-11-17(26)22-12-8-9-15(21)14(20)10-12/h4-10H,3,11H2,1-2H3,(H,22,26). The molecule has 3 aromatic rings. The topological polar surface area (TPSA) is 69.0 Å². The lowest BCUT2D eigenvalue weighted by atomic mass is 10.2. The number of carbonyl (C=O) groups is 1. The molecule has 1 heterocycles. The van der Waals surface area contributed by atoms with Crippen molar-refractivity contribution < 1.29 is 13.9 Å². The van der Waals surface area contributed by atoms with Gasteiger partial charge >= 0.3 is 0 Å². The number of halogens is 2. The van der Waals surface area contributed by atoms with Gasteiger partial charge in [-0.05, 0) is 37.3 Å². The van der Waals surface area contributed by atoms with E-state index in [0.29, 0.717) is 29.0 Å². The first kappa shape index (κ1) is 20.2. The SMILES string of the molecule is CCn1c(SCC(=O)Nc2ccc(F)c(Cl)c2)nnc1-c1ccccc1OC. The monoisotopic (exact) mass is 420 g/mol. The molecule has 0 unspecified atom stereocenters. The molecule has 0 saturated heterocycles. The number of thioether (sulfide) groups is 1. The van der Waals surface area contributed by atoms with Crippen LogP contribution < -0.4 is 10.1 Å². The summed E-state index contributed by atoms with van der Waals surface area (Å²) in [6.45, 7) is 2.62. The number of para-hydroxylation sites is 1. The summed E-state index contributed by atoms with van der Waals surface area (Å²) >= 11 is 7.00. The van der Waals surface area contributed by atoms with Crippen molar-refractivity contribution in [2.75, 3.05) is 18.2 Å². The van der Waals surface area contributed by atoms with Crippen molar-refractivity contribution in [1.82, 2.24) is 14.8 Å². The zero-order valence-electron chi connectivity index (χ0n) is 15.3. The van der Waals surface area contributed by atoms with Crippen LogP contribution in [0.3, 0.4) is 0 Å². The minimum Gasteiger partial charge on any atom is -0.496 e. The highest BCUT2D eigenvalue weighted by Gasteiger charge is 2.17. The van der Waals surface area contributed by atoms with Crippen LogP contribution in [0.1, 0.15) is 6.92 Å². The lowest BCUT2D eigenvalue weighted by molar-refractivity contribution is -0.113. The van der Waals surface area contributed by atoms with Crippen LogP contribution in [-0.4, -0.2) is 33.5 Å². The molecule has 28 heavy (non-hydrogen) atoms. The van der Waals surface area contributed by atoms with E-state index in [1.165, 1.54) is 30.0 Å². The van der Waals surface area contributed by atoms with Crippen LogP contribution in [0, 0.1) is 5.82 Å². The number of aromatic nitrogens is 3. The second-order valence-electron chi connectivity index (χ2n) is 5.72. The van der Waals surface area contributed by atoms with Crippen LogP contribution in [0.5, 0.6) is 5.75 Å². The molecular formula is C19H18ClFN4O2S. The molecule has 0 aliphatic rings. The van der Waals surface area contributed by atoms with Gasteiger partial charge in [-0.25, -0.2) is 4.39 Å². The second-order valence-corrected chi connectivity index (χ2v) is 7.07. The highest BCUT2D eigenvalue weighted by molar-refractivity contribution is 7.99. The van der Waals surface area contributed by atoms with E-state index < -0.39 is 5.82 Å². The van der Waals surface area contributed by atoms with Gasteiger partial charge in [0.25, 0.3) is 0 Å². The molecule has 0 aliphatic carbocycles. The van der Waals surface area contributed by atoms with E-state index in [1.807, 2.05) is 35.8 Å². The highest BCUT2D eigenvalue weighted by Crippen LogP contribution is 2.30. The highest BCUT2D eigenvalue weighted by atomic mass is 35.5. The van der Waals surface area contributed by atoms with Gasteiger partial charge in [0, 0.05) is 12.2 Å². The predicted octanol–water partition coefficient (Wildman–Crippen LogP) is 4.50. The van der Waals surface area contributed by atoms with Crippen LogP contribution in [0.4, 0.5) is 10.1 Å². The number of hydrogen-bond donors (Lipinski definition) is 1. The maximum Gasteiger partial charge on any atom is 0.234 e. The number of carbonyl (C=O) groups excluding carboxylic acids is 1. The normalized spacial score (nSPS) is 10.7. The lowest BCUT2D eigenvalue weighted by Crippen LogP contribution is -2.14. The summed E-state index contributed by atoms with van der Waals surface area (Å²) in [6, 6.07) is 11.6. The predicted molar refractivity (Wildman–Crippen MR) is 108 cm³/mol. The van der Waals surface area contributed by atoms with Gasteiger partial charge in [-0.15, -0.1) is 10.2 Å². The smallest absolute Gasteiger partial charge is 0.234 e. The van der Waals surface area contributed by atoms with E-state index in [0.717, 1.165) is 5.56 Å². The molecule has 9 heteroatoms. The van der Waals surface area contributed by atoms with Crippen molar-refractivity contribution >= 4 is 35.0 Å². The Balaban J connectivity index is 1.72. The summed E-state index contributed by atoms with van der Waals surface area (Å²) in [4.78, 5) is 12.2. The van der Waals surface area contributed by atoms with Gasteiger partial charge in [0.1, 0.15) is 11.6 Å². The fourth-order valence-electron chi connectivity index (χ4n) is 2.61. The third kappa shape index (κ3) is 4.45. The second kappa shape index (κ2) is 9.07. The van der Waals surface area contributed by atoms with Crippen molar-refractivity contribution in [1.29, 1.82) is 0 Å². The number of methoxy groups -OCH3 is 1. The molecule has 2 aromatic carbocycles. The summed E-state index contributed by atoms with van der Waals surface area (Å²) in [7, 11) is 1.60. The fourth-order valence-corrected chi connectivity index (χ4v) is 3.59. The molecule has 0 atom stereocenters. The quantitative estimate of drug-likeness (QED) is 0.570. The molecule has 1 aromatic heterocycles. The van der Waals surface area contributed by atoms with E-state index in [1.54, 1.807) is 7.11 Å². The van der Waals surface area contributed by atoms with Gasteiger partial charge in [-0.3, -0.25) is 4.79 Å². The molecule has 6 nitrogen and oxygen atoms in total. The maximum atomic E-state index is 13.2. The molecule has 1 N–H and O–H groups in total. The molecule has 0 spiro atoms.